The standard InChI is InChI=1S/C27H32ClF3N4O/c1-6-17(2)15-34(4)18(3)25(20-10-7-9-19(13-20)21-14-32-35(5)16-21)33-26(36)22-11-8-12-23(24(22)28)27(29,30)31/h7-14,16-18,25H,6,15H2,1-5H3,(H,33,36). The molecule has 0 spiro atoms. The van der Waals surface area contributed by atoms with E-state index in [0.717, 1.165) is 35.7 Å². The molecule has 0 saturated carbocycles. The van der Waals surface area contributed by atoms with Crippen LogP contribution >= 0.6 is 11.6 Å². The molecule has 5 nitrogen and oxygen atoms in total. The summed E-state index contributed by atoms with van der Waals surface area (Å²) in [5, 5.41) is 6.60. The van der Waals surface area contributed by atoms with Crippen molar-refractivity contribution in [2.24, 2.45) is 13.0 Å². The smallest absolute Gasteiger partial charge is 0.344 e. The van der Waals surface area contributed by atoms with Gasteiger partial charge in [0.2, 0.25) is 0 Å². The normalized spacial score (nSPS) is 14.5. The lowest BCUT2D eigenvalue weighted by molar-refractivity contribution is -0.137. The van der Waals surface area contributed by atoms with Crippen molar-refractivity contribution in [3.8, 4) is 11.1 Å². The maximum atomic E-state index is 13.4. The molecule has 1 N–H and O–H groups in total. The van der Waals surface area contributed by atoms with Crippen LogP contribution < -0.4 is 5.32 Å². The fourth-order valence-corrected chi connectivity index (χ4v) is 4.47. The Bertz CT molecular complexity index is 1190. The number of carbonyl (C=O) groups is 1. The minimum Gasteiger partial charge on any atom is -0.344 e. The largest absolute Gasteiger partial charge is 0.417 e. The number of likely N-dealkylation sites (N-methyl/N-ethyl adjacent to an activating group) is 1. The molecule has 0 aliphatic rings. The predicted octanol–water partition coefficient (Wildman–Crippen LogP) is 6.60. The zero-order chi connectivity index (χ0) is 26.6. The Kier molecular flexibility index (Phi) is 8.84. The van der Waals surface area contributed by atoms with Crippen LogP contribution in [0.2, 0.25) is 5.02 Å². The van der Waals surface area contributed by atoms with E-state index >= 15 is 0 Å². The van der Waals surface area contributed by atoms with Gasteiger partial charge in [0, 0.05) is 31.4 Å². The molecule has 1 amide bonds. The third kappa shape index (κ3) is 6.48. The number of hydrogen-bond acceptors (Lipinski definition) is 3. The van der Waals surface area contributed by atoms with Gasteiger partial charge in [0.25, 0.3) is 5.91 Å². The number of hydrogen-bond donors (Lipinski definition) is 1. The van der Waals surface area contributed by atoms with E-state index in [2.05, 4.69) is 29.2 Å². The van der Waals surface area contributed by atoms with E-state index in [4.69, 9.17) is 11.6 Å². The van der Waals surface area contributed by atoms with E-state index in [1.165, 1.54) is 12.1 Å². The highest BCUT2D eigenvalue weighted by Crippen LogP contribution is 2.36. The highest BCUT2D eigenvalue weighted by Gasteiger charge is 2.35. The van der Waals surface area contributed by atoms with Gasteiger partial charge in [-0.3, -0.25) is 9.48 Å². The fraction of sp³-hybridized carbons (Fsp3) is 0.407. The molecule has 194 valence electrons. The quantitative estimate of drug-likeness (QED) is 0.346. The minimum absolute atomic E-state index is 0.156. The second kappa shape index (κ2) is 11.5. The molecular formula is C27H32ClF3N4O. The van der Waals surface area contributed by atoms with Crippen molar-refractivity contribution in [3.05, 3.63) is 76.6 Å². The number of alkyl halides is 3. The molecule has 0 aliphatic carbocycles. The lowest BCUT2D eigenvalue weighted by atomic mass is 9.95. The second-order valence-corrected chi connectivity index (χ2v) is 9.72. The monoisotopic (exact) mass is 520 g/mol. The third-order valence-electron chi connectivity index (χ3n) is 6.59. The first-order valence-corrected chi connectivity index (χ1v) is 12.3. The maximum absolute atomic E-state index is 13.4. The van der Waals surface area contributed by atoms with Gasteiger partial charge in [-0.1, -0.05) is 56.1 Å². The molecule has 0 saturated heterocycles. The van der Waals surface area contributed by atoms with E-state index in [1.807, 2.05) is 51.5 Å². The van der Waals surface area contributed by atoms with Crippen LogP contribution in [0.1, 0.15) is 54.7 Å². The van der Waals surface area contributed by atoms with Crippen molar-refractivity contribution < 1.29 is 18.0 Å². The fourth-order valence-electron chi connectivity index (χ4n) is 4.15. The summed E-state index contributed by atoms with van der Waals surface area (Å²) in [6, 6.07) is 10.5. The lowest BCUT2D eigenvalue weighted by Gasteiger charge is -2.34. The summed E-state index contributed by atoms with van der Waals surface area (Å²) >= 11 is 6.05. The Hall–Kier alpha value is -2.84. The van der Waals surface area contributed by atoms with Crippen molar-refractivity contribution >= 4 is 17.5 Å². The van der Waals surface area contributed by atoms with Gasteiger partial charge in [0.05, 0.1) is 28.4 Å². The molecule has 1 aromatic heterocycles. The predicted molar refractivity (Wildman–Crippen MR) is 137 cm³/mol. The Labute approximate surface area is 215 Å². The van der Waals surface area contributed by atoms with E-state index in [0.29, 0.717) is 5.92 Å². The van der Waals surface area contributed by atoms with Crippen molar-refractivity contribution in [3.63, 3.8) is 0 Å². The van der Waals surface area contributed by atoms with Crippen LogP contribution in [0.4, 0.5) is 13.2 Å². The summed E-state index contributed by atoms with van der Waals surface area (Å²) in [4.78, 5) is 15.5. The van der Waals surface area contributed by atoms with Gasteiger partial charge in [0.15, 0.2) is 0 Å². The maximum Gasteiger partial charge on any atom is 0.417 e. The van der Waals surface area contributed by atoms with Crippen molar-refractivity contribution in [2.45, 2.75) is 45.5 Å². The van der Waals surface area contributed by atoms with E-state index in [1.54, 1.807) is 10.9 Å². The van der Waals surface area contributed by atoms with Gasteiger partial charge in [-0.2, -0.15) is 18.3 Å². The van der Waals surface area contributed by atoms with Gasteiger partial charge >= 0.3 is 6.18 Å². The molecule has 9 heteroatoms. The molecular weight excluding hydrogens is 489 g/mol. The van der Waals surface area contributed by atoms with E-state index < -0.39 is 28.7 Å². The molecule has 2 aromatic carbocycles. The third-order valence-corrected chi connectivity index (χ3v) is 7.00. The number of halogens is 4. The number of benzene rings is 2. The molecule has 0 radical (unpaired) electrons. The topological polar surface area (TPSA) is 50.2 Å². The van der Waals surface area contributed by atoms with Crippen LogP contribution in [0.3, 0.4) is 0 Å². The van der Waals surface area contributed by atoms with Crippen LogP contribution in [0.5, 0.6) is 0 Å². The summed E-state index contributed by atoms with van der Waals surface area (Å²) in [6.45, 7) is 7.08. The van der Waals surface area contributed by atoms with Gasteiger partial charge in [-0.25, -0.2) is 0 Å². The first kappa shape index (κ1) is 27.7. The molecule has 3 unspecified atom stereocenters. The van der Waals surface area contributed by atoms with E-state index in [-0.39, 0.29) is 11.6 Å². The zero-order valence-corrected chi connectivity index (χ0v) is 21.9. The summed E-state index contributed by atoms with van der Waals surface area (Å²) < 4.78 is 41.9. The summed E-state index contributed by atoms with van der Waals surface area (Å²) in [5.41, 5.74) is 1.43. The van der Waals surface area contributed by atoms with Gasteiger partial charge < -0.3 is 10.2 Å². The van der Waals surface area contributed by atoms with Crippen molar-refractivity contribution in [2.75, 3.05) is 13.6 Å². The van der Waals surface area contributed by atoms with Crippen molar-refractivity contribution in [1.29, 1.82) is 0 Å². The number of nitrogens with zero attached hydrogens (tertiary/aromatic N) is 3. The van der Waals surface area contributed by atoms with Crippen LogP contribution in [-0.2, 0) is 13.2 Å². The van der Waals surface area contributed by atoms with Crippen LogP contribution in [-0.4, -0.2) is 40.2 Å². The SMILES string of the molecule is CCC(C)CN(C)C(C)C(NC(=O)c1cccc(C(F)(F)F)c1Cl)c1cccc(-c2cnn(C)c2)c1. The molecule has 3 aromatic rings. The first-order chi connectivity index (χ1) is 16.9. The Balaban J connectivity index is 1.99. The molecule has 0 aliphatic heterocycles. The average molecular weight is 521 g/mol. The molecule has 3 atom stereocenters. The molecule has 3 rings (SSSR count). The Morgan fingerprint density at radius 3 is 2.47 bits per heavy atom. The summed E-state index contributed by atoms with van der Waals surface area (Å²) in [7, 11) is 3.82. The highest BCUT2D eigenvalue weighted by atomic mass is 35.5. The first-order valence-electron chi connectivity index (χ1n) is 11.9. The average Bonchev–Trinajstić information content (AvgIpc) is 3.27. The lowest BCUT2D eigenvalue weighted by Crippen LogP contribution is -2.44. The number of carbonyl (C=O) groups excluding carboxylic acids is 1. The zero-order valence-electron chi connectivity index (χ0n) is 21.1. The Morgan fingerprint density at radius 2 is 1.86 bits per heavy atom. The van der Waals surface area contributed by atoms with Crippen LogP contribution in [0.25, 0.3) is 11.1 Å². The van der Waals surface area contributed by atoms with Crippen LogP contribution in [0, 0.1) is 5.92 Å². The number of rotatable bonds is 9. The summed E-state index contributed by atoms with van der Waals surface area (Å²) in [6.07, 6.45) is 0.000227. The molecule has 0 fully saturated rings. The second-order valence-electron chi connectivity index (χ2n) is 9.34. The van der Waals surface area contributed by atoms with Gasteiger partial charge in [-0.15, -0.1) is 0 Å². The van der Waals surface area contributed by atoms with Crippen molar-refractivity contribution in [1.82, 2.24) is 20.0 Å². The molecule has 36 heavy (non-hydrogen) atoms. The Morgan fingerprint density at radius 1 is 1.17 bits per heavy atom. The minimum atomic E-state index is -4.66. The summed E-state index contributed by atoms with van der Waals surface area (Å²) in [5.74, 6) is -0.222. The number of amides is 1. The molecule has 0 bridgehead atoms. The number of aromatic nitrogens is 2. The van der Waals surface area contributed by atoms with Crippen LogP contribution in [0.15, 0.2) is 54.9 Å². The van der Waals surface area contributed by atoms with Gasteiger partial charge in [-0.05, 0) is 49.2 Å². The molecule has 1 heterocycles. The number of aryl methyl sites for hydroxylation is 1. The van der Waals surface area contributed by atoms with E-state index in [9.17, 15) is 18.0 Å². The highest BCUT2D eigenvalue weighted by molar-refractivity contribution is 6.34. The van der Waals surface area contributed by atoms with Gasteiger partial charge in [0.1, 0.15) is 0 Å². The number of nitrogens with one attached hydrogen (secondary N) is 1.